The van der Waals surface area contributed by atoms with E-state index in [1.807, 2.05) is 0 Å². The number of likely N-dealkylation sites (N-methyl/N-ethyl adjacent to an activating group) is 1. The minimum Gasteiger partial charge on any atom is -0.316 e. The molecule has 0 unspecified atom stereocenters. The molecule has 0 saturated heterocycles. The molecular formula is C9H29N3. The molecule has 0 saturated carbocycles. The van der Waals surface area contributed by atoms with Crippen molar-refractivity contribution in [2.24, 2.45) is 0 Å². The number of rotatable bonds is 8. The van der Waals surface area contributed by atoms with Crippen molar-refractivity contribution in [1.82, 2.24) is 16.0 Å². The van der Waals surface area contributed by atoms with Crippen LogP contribution in [0.3, 0.4) is 0 Å². The van der Waals surface area contributed by atoms with Gasteiger partial charge in [-0.05, 0) is 6.54 Å². The van der Waals surface area contributed by atoms with Crippen LogP contribution in [0.1, 0.15) is 25.1 Å². The molecule has 0 aromatic rings. The topological polar surface area (TPSA) is 36.1 Å². The highest BCUT2D eigenvalue weighted by atomic mass is 15.0. The van der Waals surface area contributed by atoms with Gasteiger partial charge in [-0.2, -0.15) is 0 Å². The third-order valence-electron chi connectivity index (χ3n) is 1.58. The van der Waals surface area contributed by atoms with E-state index in [0.29, 0.717) is 6.04 Å². The van der Waals surface area contributed by atoms with Gasteiger partial charge in [-0.25, -0.2) is 0 Å². The summed E-state index contributed by atoms with van der Waals surface area (Å²) in [6.45, 7) is 11.8. The van der Waals surface area contributed by atoms with Crippen LogP contribution in [0, 0.1) is 0 Å². The zero-order valence-electron chi connectivity index (χ0n) is 8.61. The van der Waals surface area contributed by atoms with Crippen molar-refractivity contribution in [1.29, 1.82) is 0 Å². The van der Waals surface area contributed by atoms with Crippen molar-refractivity contribution in [3.63, 3.8) is 0 Å². The SMILES string of the molecule is CCNCCNCCNC(C)C.[HH].[HH].[HH]. The zero-order chi connectivity index (χ0) is 9.23. The fraction of sp³-hybridized carbons (Fsp3) is 1.00. The summed E-state index contributed by atoms with van der Waals surface area (Å²) in [6.07, 6.45) is 0. The first-order chi connectivity index (χ1) is 5.77. The van der Waals surface area contributed by atoms with Crippen LogP contribution >= 0.6 is 0 Å². The molecule has 0 spiro atoms. The van der Waals surface area contributed by atoms with E-state index in [1.165, 1.54) is 0 Å². The fourth-order valence-corrected chi connectivity index (χ4v) is 0.928. The first-order valence-electron chi connectivity index (χ1n) is 4.92. The standard InChI is InChI=1S/C9H23N3.3H2/c1-4-10-5-6-11-7-8-12-9(2)3;;;/h9-12H,4-8H2,1-3H3;3*1H. The van der Waals surface area contributed by atoms with Gasteiger partial charge in [0.2, 0.25) is 0 Å². The highest BCUT2D eigenvalue weighted by Crippen LogP contribution is 1.72. The van der Waals surface area contributed by atoms with E-state index in [4.69, 9.17) is 0 Å². The molecule has 0 fully saturated rings. The van der Waals surface area contributed by atoms with Gasteiger partial charge in [-0.3, -0.25) is 0 Å². The van der Waals surface area contributed by atoms with E-state index < -0.39 is 0 Å². The van der Waals surface area contributed by atoms with Crippen molar-refractivity contribution in [3.8, 4) is 0 Å². The monoisotopic (exact) mass is 179 g/mol. The molecule has 3 nitrogen and oxygen atoms in total. The lowest BCUT2D eigenvalue weighted by atomic mass is 10.4. The molecule has 0 aromatic carbocycles. The lowest BCUT2D eigenvalue weighted by Gasteiger charge is -2.08. The maximum absolute atomic E-state index is 3.35. The Bertz CT molecular complexity index is 94.7. The largest absolute Gasteiger partial charge is 0.316 e. The Kier molecular flexibility index (Phi) is 8.88. The van der Waals surface area contributed by atoms with Gasteiger partial charge >= 0.3 is 0 Å². The fourth-order valence-electron chi connectivity index (χ4n) is 0.928. The molecule has 0 aliphatic heterocycles. The summed E-state index contributed by atoms with van der Waals surface area (Å²) in [4.78, 5) is 0. The van der Waals surface area contributed by atoms with Crippen molar-refractivity contribution in [3.05, 3.63) is 0 Å². The van der Waals surface area contributed by atoms with E-state index in [1.54, 1.807) is 0 Å². The number of hydrogen-bond donors (Lipinski definition) is 3. The second-order valence-corrected chi connectivity index (χ2v) is 3.21. The number of nitrogens with one attached hydrogen (secondary N) is 3. The molecule has 12 heavy (non-hydrogen) atoms. The lowest BCUT2D eigenvalue weighted by Crippen LogP contribution is -2.34. The van der Waals surface area contributed by atoms with Crippen LogP contribution in [0.5, 0.6) is 0 Å². The van der Waals surface area contributed by atoms with E-state index >= 15 is 0 Å². The van der Waals surface area contributed by atoms with E-state index in [9.17, 15) is 0 Å². The van der Waals surface area contributed by atoms with Crippen molar-refractivity contribution in [2.75, 3.05) is 32.7 Å². The first kappa shape index (κ1) is 11.9. The Morgan fingerprint density at radius 2 is 1.58 bits per heavy atom. The average molecular weight is 179 g/mol. The van der Waals surface area contributed by atoms with E-state index in [0.717, 1.165) is 32.7 Å². The second kappa shape index (κ2) is 8.97. The molecule has 0 radical (unpaired) electrons. The highest BCUT2D eigenvalue weighted by molar-refractivity contribution is 4.56. The predicted molar refractivity (Wildman–Crippen MR) is 60.9 cm³/mol. The maximum atomic E-state index is 3.35. The maximum Gasteiger partial charge on any atom is 0.00791 e. The summed E-state index contributed by atoms with van der Waals surface area (Å²) in [7, 11) is 0. The molecule has 0 bridgehead atoms. The van der Waals surface area contributed by atoms with Crippen molar-refractivity contribution in [2.45, 2.75) is 26.8 Å². The third kappa shape index (κ3) is 9.88. The first-order valence-corrected chi connectivity index (χ1v) is 4.92. The van der Waals surface area contributed by atoms with Crippen LogP contribution in [-0.2, 0) is 0 Å². The van der Waals surface area contributed by atoms with Crippen LogP contribution in [0.2, 0.25) is 0 Å². The van der Waals surface area contributed by atoms with Gasteiger partial charge in [-0.1, -0.05) is 20.8 Å². The quantitative estimate of drug-likeness (QED) is 0.485. The van der Waals surface area contributed by atoms with E-state index in [2.05, 4.69) is 36.7 Å². The van der Waals surface area contributed by atoms with Crippen molar-refractivity contribution < 1.29 is 4.28 Å². The Labute approximate surface area is 80.8 Å². The normalized spacial score (nSPS) is 11.0. The zero-order valence-corrected chi connectivity index (χ0v) is 8.61. The Hall–Kier alpha value is -0.120. The smallest absolute Gasteiger partial charge is 0.00791 e. The molecule has 0 amide bonds. The minimum atomic E-state index is 0. The highest BCUT2D eigenvalue weighted by Gasteiger charge is 1.90. The van der Waals surface area contributed by atoms with Crippen LogP contribution < -0.4 is 16.0 Å². The third-order valence-corrected chi connectivity index (χ3v) is 1.58. The van der Waals surface area contributed by atoms with Crippen LogP contribution in [0.4, 0.5) is 0 Å². The number of hydrogen-bond acceptors (Lipinski definition) is 3. The predicted octanol–water partition coefficient (Wildman–Crippen LogP) is 0.922. The van der Waals surface area contributed by atoms with Crippen LogP contribution in [0.25, 0.3) is 0 Å². The van der Waals surface area contributed by atoms with Crippen LogP contribution in [0.15, 0.2) is 0 Å². The summed E-state index contributed by atoms with van der Waals surface area (Å²) in [5.41, 5.74) is 0. The molecule has 0 aromatic heterocycles. The van der Waals surface area contributed by atoms with Gasteiger partial charge in [0.05, 0.1) is 0 Å². The average Bonchev–Trinajstić information content (AvgIpc) is 2.02. The van der Waals surface area contributed by atoms with Gasteiger partial charge in [0.25, 0.3) is 0 Å². The summed E-state index contributed by atoms with van der Waals surface area (Å²) >= 11 is 0. The molecule has 0 rings (SSSR count). The van der Waals surface area contributed by atoms with Gasteiger partial charge in [-0.15, -0.1) is 0 Å². The van der Waals surface area contributed by atoms with Gasteiger partial charge in [0, 0.05) is 36.5 Å². The molecule has 0 atom stereocenters. The molecule has 3 N–H and O–H groups in total. The summed E-state index contributed by atoms with van der Waals surface area (Å²) < 4.78 is 0. The Morgan fingerprint density at radius 3 is 2.17 bits per heavy atom. The molecule has 0 aliphatic rings. The summed E-state index contributed by atoms with van der Waals surface area (Å²) in [5.74, 6) is 0. The lowest BCUT2D eigenvalue weighted by molar-refractivity contribution is 0.548. The Balaban J connectivity index is -0.000000202. The molecule has 0 aliphatic carbocycles. The second-order valence-electron chi connectivity index (χ2n) is 3.21. The van der Waals surface area contributed by atoms with Crippen molar-refractivity contribution >= 4 is 0 Å². The minimum absolute atomic E-state index is 0. The van der Waals surface area contributed by atoms with Gasteiger partial charge < -0.3 is 16.0 Å². The Morgan fingerprint density at radius 1 is 1.00 bits per heavy atom. The van der Waals surface area contributed by atoms with Crippen LogP contribution in [-0.4, -0.2) is 38.8 Å². The molecule has 3 heteroatoms. The summed E-state index contributed by atoms with van der Waals surface area (Å²) in [5, 5.41) is 9.97. The molecule has 0 heterocycles. The summed E-state index contributed by atoms with van der Waals surface area (Å²) in [6, 6.07) is 0.598. The molecular weight excluding hydrogens is 150 g/mol. The molecule has 80 valence electrons. The van der Waals surface area contributed by atoms with Gasteiger partial charge in [0.1, 0.15) is 0 Å². The van der Waals surface area contributed by atoms with E-state index in [-0.39, 0.29) is 4.28 Å². The van der Waals surface area contributed by atoms with Gasteiger partial charge in [0.15, 0.2) is 0 Å².